The fourth-order valence-corrected chi connectivity index (χ4v) is 5.41. The van der Waals surface area contributed by atoms with Crippen LogP contribution in [0.2, 0.25) is 5.02 Å². The molecule has 1 aliphatic heterocycles. The third-order valence-corrected chi connectivity index (χ3v) is 7.13. The van der Waals surface area contributed by atoms with E-state index in [9.17, 15) is 9.59 Å². The zero-order valence-electron chi connectivity index (χ0n) is 21.4. The van der Waals surface area contributed by atoms with Gasteiger partial charge in [0.1, 0.15) is 6.04 Å². The summed E-state index contributed by atoms with van der Waals surface area (Å²) in [4.78, 5) is 34.4. The summed E-state index contributed by atoms with van der Waals surface area (Å²) in [5.41, 5.74) is 3.91. The predicted molar refractivity (Wildman–Crippen MR) is 145 cm³/mol. The van der Waals surface area contributed by atoms with Gasteiger partial charge in [0.15, 0.2) is 0 Å². The number of rotatable bonds is 9. The second-order valence-corrected chi connectivity index (χ2v) is 10.4. The normalized spacial score (nSPS) is 17.2. The van der Waals surface area contributed by atoms with Crippen molar-refractivity contribution in [2.75, 3.05) is 45.8 Å². The summed E-state index contributed by atoms with van der Waals surface area (Å²) in [5.74, 6) is -0.334. The molecule has 0 spiro atoms. The highest BCUT2D eigenvalue weighted by Gasteiger charge is 2.37. The third-order valence-electron chi connectivity index (χ3n) is 6.90. The molecule has 0 radical (unpaired) electrons. The number of para-hydroxylation sites is 1. The van der Waals surface area contributed by atoms with Gasteiger partial charge in [-0.2, -0.15) is 0 Å². The Labute approximate surface area is 217 Å². The van der Waals surface area contributed by atoms with Gasteiger partial charge >= 0.3 is 0 Å². The van der Waals surface area contributed by atoms with Crippen LogP contribution in [0, 0.1) is 5.92 Å². The number of H-pyrrole nitrogens is 1. The SMILES string of the molecule is COCCC(=O)NC(C(=O)N1C[C@@H](CN(C)C)Cc2cc(Cl)ccc21)C(C)c1c[nH]c2ccccc12. The topological polar surface area (TPSA) is 77.7 Å². The number of carbonyl (C=O) groups is 2. The number of aromatic nitrogens is 1. The van der Waals surface area contributed by atoms with Crippen LogP contribution in [0.25, 0.3) is 10.9 Å². The van der Waals surface area contributed by atoms with Crippen LogP contribution in [0.5, 0.6) is 0 Å². The molecule has 7 nitrogen and oxygen atoms in total. The highest BCUT2D eigenvalue weighted by molar-refractivity contribution is 6.30. The summed E-state index contributed by atoms with van der Waals surface area (Å²) in [5, 5.41) is 4.74. The maximum atomic E-state index is 14.3. The van der Waals surface area contributed by atoms with Crippen LogP contribution < -0.4 is 10.2 Å². The van der Waals surface area contributed by atoms with Gasteiger partial charge in [0.05, 0.1) is 6.61 Å². The van der Waals surface area contributed by atoms with Crippen molar-refractivity contribution in [3.05, 3.63) is 64.8 Å². The van der Waals surface area contributed by atoms with Gasteiger partial charge in [0.2, 0.25) is 11.8 Å². The van der Waals surface area contributed by atoms with Crippen LogP contribution in [0.4, 0.5) is 5.69 Å². The second kappa shape index (κ2) is 11.5. The Morgan fingerprint density at radius 2 is 2.03 bits per heavy atom. The number of aromatic amines is 1. The Morgan fingerprint density at radius 3 is 2.78 bits per heavy atom. The standard InChI is InChI=1S/C28H35ClN4O3/c1-18(23-15-30-24-8-6-5-7-22(23)24)27(31-26(34)11-12-36-4)28(35)33-17-19(16-32(2)3)13-20-14-21(29)9-10-25(20)33/h5-10,14-15,18-19,27,30H,11-13,16-17H2,1-4H3,(H,31,34)/t18?,19-,27?/m1/s1. The monoisotopic (exact) mass is 510 g/mol. The number of fused-ring (bicyclic) bond motifs is 2. The van der Waals surface area contributed by atoms with Gasteiger partial charge in [-0.1, -0.05) is 36.7 Å². The van der Waals surface area contributed by atoms with Crippen molar-refractivity contribution in [3.63, 3.8) is 0 Å². The van der Waals surface area contributed by atoms with Crippen molar-refractivity contribution < 1.29 is 14.3 Å². The summed E-state index contributed by atoms with van der Waals surface area (Å²) in [7, 11) is 5.64. The molecule has 192 valence electrons. The summed E-state index contributed by atoms with van der Waals surface area (Å²) in [6, 6.07) is 13.0. The number of amides is 2. The van der Waals surface area contributed by atoms with Crippen LogP contribution >= 0.6 is 11.6 Å². The molecule has 0 aliphatic carbocycles. The number of nitrogens with one attached hydrogen (secondary N) is 2. The number of carbonyl (C=O) groups excluding carboxylic acids is 2. The lowest BCUT2D eigenvalue weighted by Crippen LogP contribution is -2.54. The molecule has 2 unspecified atom stereocenters. The summed E-state index contributed by atoms with van der Waals surface area (Å²) in [6.45, 7) is 3.72. The number of halogens is 1. The van der Waals surface area contributed by atoms with Crippen molar-refractivity contribution in [1.29, 1.82) is 0 Å². The van der Waals surface area contributed by atoms with Crippen LogP contribution in [0.3, 0.4) is 0 Å². The molecule has 2 amide bonds. The fraction of sp³-hybridized carbons (Fsp3) is 0.429. The smallest absolute Gasteiger partial charge is 0.250 e. The number of anilines is 1. The molecular formula is C28H35ClN4O3. The van der Waals surface area contributed by atoms with Gasteiger partial charge in [-0.15, -0.1) is 0 Å². The number of hydrogen-bond acceptors (Lipinski definition) is 4. The van der Waals surface area contributed by atoms with E-state index in [2.05, 4.69) is 15.2 Å². The zero-order chi connectivity index (χ0) is 25.8. The number of hydrogen-bond donors (Lipinski definition) is 2. The van der Waals surface area contributed by atoms with Crippen molar-refractivity contribution in [3.8, 4) is 0 Å². The first kappa shape index (κ1) is 26.2. The number of benzene rings is 2. The van der Waals surface area contributed by atoms with E-state index in [-0.39, 0.29) is 30.1 Å². The molecule has 0 saturated heterocycles. The van der Waals surface area contributed by atoms with E-state index < -0.39 is 6.04 Å². The summed E-state index contributed by atoms with van der Waals surface area (Å²) in [6.07, 6.45) is 2.98. The van der Waals surface area contributed by atoms with Gasteiger partial charge in [-0.05, 0) is 61.8 Å². The molecule has 3 atom stereocenters. The minimum atomic E-state index is -0.741. The van der Waals surface area contributed by atoms with Gasteiger partial charge in [0, 0.05) is 60.3 Å². The van der Waals surface area contributed by atoms with Gasteiger partial charge in [-0.3, -0.25) is 9.59 Å². The number of methoxy groups -OCH3 is 1. The van der Waals surface area contributed by atoms with E-state index >= 15 is 0 Å². The Bertz CT molecular complexity index is 1220. The molecule has 8 heteroatoms. The van der Waals surface area contributed by atoms with Gasteiger partial charge in [0.25, 0.3) is 0 Å². The van der Waals surface area contributed by atoms with Gasteiger partial charge in [-0.25, -0.2) is 0 Å². The number of nitrogens with zero attached hydrogens (tertiary/aromatic N) is 2. The van der Waals surface area contributed by atoms with E-state index in [1.165, 1.54) is 0 Å². The molecule has 1 aromatic heterocycles. The molecule has 2 aromatic carbocycles. The van der Waals surface area contributed by atoms with Crippen LogP contribution in [-0.2, 0) is 20.7 Å². The zero-order valence-corrected chi connectivity index (χ0v) is 22.1. The average Bonchev–Trinajstić information content (AvgIpc) is 3.28. The quantitative estimate of drug-likeness (QED) is 0.452. The number of ether oxygens (including phenoxy) is 1. The second-order valence-electron chi connectivity index (χ2n) is 9.92. The largest absolute Gasteiger partial charge is 0.384 e. The van der Waals surface area contributed by atoms with E-state index in [4.69, 9.17) is 16.3 Å². The van der Waals surface area contributed by atoms with Crippen LogP contribution in [-0.4, -0.2) is 68.6 Å². The van der Waals surface area contributed by atoms with Gasteiger partial charge < -0.3 is 24.8 Å². The Balaban J connectivity index is 1.71. The molecule has 36 heavy (non-hydrogen) atoms. The first-order valence-corrected chi connectivity index (χ1v) is 12.7. The predicted octanol–water partition coefficient (Wildman–Crippen LogP) is 4.21. The molecule has 0 fully saturated rings. The van der Waals surface area contributed by atoms with Crippen molar-refractivity contribution in [1.82, 2.24) is 15.2 Å². The maximum absolute atomic E-state index is 14.3. The first-order chi connectivity index (χ1) is 17.3. The maximum Gasteiger partial charge on any atom is 0.250 e. The highest BCUT2D eigenvalue weighted by atomic mass is 35.5. The molecule has 0 saturated carbocycles. The molecule has 3 aromatic rings. The molecule has 2 N–H and O–H groups in total. The lowest BCUT2D eigenvalue weighted by Gasteiger charge is -2.38. The average molecular weight is 511 g/mol. The van der Waals surface area contributed by atoms with E-state index in [1.807, 2.05) is 74.6 Å². The molecular weight excluding hydrogens is 476 g/mol. The molecule has 0 bridgehead atoms. The fourth-order valence-electron chi connectivity index (χ4n) is 5.22. The molecule has 1 aliphatic rings. The van der Waals surface area contributed by atoms with Crippen LogP contribution in [0.15, 0.2) is 48.7 Å². The lowest BCUT2D eigenvalue weighted by molar-refractivity contribution is -0.128. The molecule has 4 rings (SSSR count). The van der Waals surface area contributed by atoms with Crippen molar-refractivity contribution in [2.45, 2.75) is 31.7 Å². The summed E-state index contributed by atoms with van der Waals surface area (Å²) < 4.78 is 5.09. The summed E-state index contributed by atoms with van der Waals surface area (Å²) >= 11 is 6.32. The lowest BCUT2D eigenvalue weighted by atomic mass is 9.88. The van der Waals surface area contributed by atoms with Crippen molar-refractivity contribution in [2.24, 2.45) is 5.92 Å². The highest BCUT2D eigenvalue weighted by Crippen LogP contribution is 2.35. The first-order valence-electron chi connectivity index (χ1n) is 12.4. The molecule has 2 heterocycles. The van der Waals surface area contributed by atoms with E-state index in [0.717, 1.165) is 40.7 Å². The van der Waals surface area contributed by atoms with E-state index in [0.29, 0.717) is 18.2 Å². The minimum absolute atomic E-state index is 0.120. The Hall–Kier alpha value is -2.87. The Morgan fingerprint density at radius 1 is 1.25 bits per heavy atom. The van der Waals surface area contributed by atoms with Crippen molar-refractivity contribution >= 4 is 40.0 Å². The minimum Gasteiger partial charge on any atom is -0.384 e. The van der Waals surface area contributed by atoms with E-state index in [1.54, 1.807) is 7.11 Å². The Kier molecular flexibility index (Phi) is 8.34. The third kappa shape index (κ3) is 5.75. The van der Waals surface area contributed by atoms with Crippen LogP contribution in [0.1, 0.15) is 30.4 Å².